The Hall–Kier alpha value is -3.22. The lowest BCUT2D eigenvalue weighted by atomic mass is 9.95. The summed E-state index contributed by atoms with van der Waals surface area (Å²) in [6.07, 6.45) is 0.621. The van der Waals surface area contributed by atoms with Gasteiger partial charge in [-0.15, -0.1) is 0 Å². The van der Waals surface area contributed by atoms with Crippen LogP contribution in [0.1, 0.15) is 11.4 Å². The van der Waals surface area contributed by atoms with Gasteiger partial charge in [-0.2, -0.15) is 0 Å². The lowest BCUT2D eigenvalue weighted by Gasteiger charge is -2.25. The van der Waals surface area contributed by atoms with Gasteiger partial charge in [0.2, 0.25) is 5.91 Å². The Morgan fingerprint density at radius 1 is 1.30 bits per heavy atom. The fourth-order valence-corrected chi connectivity index (χ4v) is 3.29. The van der Waals surface area contributed by atoms with E-state index in [1.54, 1.807) is 14.2 Å². The summed E-state index contributed by atoms with van der Waals surface area (Å²) in [5.74, 6) is 2.59. The number of rotatable bonds is 5. The van der Waals surface area contributed by atoms with Crippen molar-refractivity contribution in [3.8, 4) is 17.2 Å². The molecule has 0 spiro atoms. The zero-order chi connectivity index (χ0) is 18.8. The number of carbonyl (C=O) groups excluding carboxylic acids is 1. The van der Waals surface area contributed by atoms with E-state index < -0.39 is 0 Å². The number of carbonyl (C=O) groups is 1. The van der Waals surface area contributed by atoms with Gasteiger partial charge in [-0.05, 0) is 30.2 Å². The van der Waals surface area contributed by atoms with E-state index in [1.165, 1.54) is 0 Å². The maximum absolute atomic E-state index is 12.6. The van der Waals surface area contributed by atoms with Crippen molar-refractivity contribution in [2.45, 2.75) is 13.0 Å². The van der Waals surface area contributed by atoms with Crippen LogP contribution in [0.15, 0.2) is 36.4 Å². The first-order valence-corrected chi connectivity index (χ1v) is 8.77. The van der Waals surface area contributed by atoms with E-state index in [0.717, 1.165) is 28.1 Å². The Kier molecular flexibility index (Phi) is 4.58. The van der Waals surface area contributed by atoms with E-state index in [0.29, 0.717) is 31.1 Å². The van der Waals surface area contributed by atoms with Crippen molar-refractivity contribution in [1.82, 2.24) is 15.3 Å². The van der Waals surface area contributed by atoms with Crippen LogP contribution in [0, 0.1) is 5.92 Å². The lowest BCUT2D eigenvalue weighted by molar-refractivity contribution is -0.126. The molecule has 1 aliphatic heterocycles. The van der Waals surface area contributed by atoms with Crippen LogP contribution < -0.4 is 19.5 Å². The van der Waals surface area contributed by atoms with Gasteiger partial charge >= 0.3 is 0 Å². The number of aromatic amines is 1. The van der Waals surface area contributed by atoms with Gasteiger partial charge in [0, 0.05) is 6.07 Å². The Labute approximate surface area is 156 Å². The number of aromatic nitrogens is 2. The highest BCUT2D eigenvalue weighted by Crippen LogP contribution is 2.36. The summed E-state index contributed by atoms with van der Waals surface area (Å²) < 4.78 is 16.3. The highest BCUT2D eigenvalue weighted by molar-refractivity contribution is 5.80. The lowest BCUT2D eigenvalue weighted by Crippen LogP contribution is -2.37. The third-order valence-electron chi connectivity index (χ3n) is 4.71. The van der Waals surface area contributed by atoms with Gasteiger partial charge < -0.3 is 24.5 Å². The molecule has 27 heavy (non-hydrogen) atoms. The largest absolute Gasteiger partial charge is 0.497 e. The van der Waals surface area contributed by atoms with Crippen molar-refractivity contribution in [1.29, 1.82) is 0 Å². The van der Waals surface area contributed by atoms with Crippen LogP contribution in [0.25, 0.3) is 11.0 Å². The SMILES string of the molecule is COc1ccc2nc(CNC(=O)[C@H]3COc4c(cccc4OC)C3)[nH]c2c1. The van der Waals surface area contributed by atoms with Gasteiger partial charge in [0.1, 0.15) is 18.2 Å². The normalized spacial score (nSPS) is 15.7. The number of ether oxygens (including phenoxy) is 3. The smallest absolute Gasteiger partial charge is 0.227 e. The molecule has 0 radical (unpaired) electrons. The Balaban J connectivity index is 1.41. The molecule has 1 atom stereocenters. The summed E-state index contributed by atoms with van der Waals surface area (Å²) in [7, 11) is 3.24. The molecular formula is C20H21N3O4. The molecule has 7 nitrogen and oxygen atoms in total. The summed E-state index contributed by atoms with van der Waals surface area (Å²) in [5, 5.41) is 2.94. The summed E-state index contributed by atoms with van der Waals surface area (Å²) in [6, 6.07) is 11.3. The van der Waals surface area contributed by atoms with Gasteiger partial charge in [-0.25, -0.2) is 4.98 Å². The third-order valence-corrected chi connectivity index (χ3v) is 4.71. The number of imidazole rings is 1. The summed E-state index contributed by atoms with van der Waals surface area (Å²) in [5.41, 5.74) is 2.69. The van der Waals surface area contributed by atoms with Gasteiger partial charge in [-0.3, -0.25) is 4.79 Å². The molecule has 0 saturated carbocycles. The van der Waals surface area contributed by atoms with Gasteiger partial charge in [0.05, 0.1) is 37.7 Å². The summed E-state index contributed by atoms with van der Waals surface area (Å²) >= 11 is 0. The van der Waals surface area contributed by atoms with E-state index in [-0.39, 0.29) is 11.8 Å². The van der Waals surface area contributed by atoms with Crippen LogP contribution in [-0.2, 0) is 17.8 Å². The molecule has 0 unspecified atom stereocenters. The number of amides is 1. The van der Waals surface area contributed by atoms with Crippen molar-refractivity contribution in [2.24, 2.45) is 5.92 Å². The highest BCUT2D eigenvalue weighted by atomic mass is 16.5. The van der Waals surface area contributed by atoms with E-state index in [1.807, 2.05) is 36.4 Å². The van der Waals surface area contributed by atoms with Crippen LogP contribution in [0.5, 0.6) is 17.2 Å². The fraction of sp³-hybridized carbons (Fsp3) is 0.300. The van der Waals surface area contributed by atoms with Crippen LogP contribution in [0.4, 0.5) is 0 Å². The van der Waals surface area contributed by atoms with E-state index in [4.69, 9.17) is 14.2 Å². The first-order chi connectivity index (χ1) is 13.2. The number of nitrogens with zero attached hydrogens (tertiary/aromatic N) is 1. The minimum atomic E-state index is -0.242. The number of hydrogen-bond acceptors (Lipinski definition) is 5. The molecule has 1 amide bonds. The second-order valence-corrected chi connectivity index (χ2v) is 6.44. The van der Waals surface area contributed by atoms with Crippen molar-refractivity contribution < 1.29 is 19.0 Å². The van der Waals surface area contributed by atoms with Crippen molar-refractivity contribution in [3.05, 3.63) is 47.8 Å². The molecular weight excluding hydrogens is 346 g/mol. The fourth-order valence-electron chi connectivity index (χ4n) is 3.29. The first-order valence-electron chi connectivity index (χ1n) is 8.77. The molecule has 0 saturated heterocycles. The van der Waals surface area contributed by atoms with E-state index in [9.17, 15) is 4.79 Å². The number of hydrogen-bond donors (Lipinski definition) is 2. The monoisotopic (exact) mass is 367 g/mol. The van der Waals surface area contributed by atoms with E-state index in [2.05, 4.69) is 15.3 Å². The second-order valence-electron chi connectivity index (χ2n) is 6.44. The number of para-hydroxylation sites is 1. The van der Waals surface area contributed by atoms with Crippen molar-refractivity contribution in [3.63, 3.8) is 0 Å². The number of H-pyrrole nitrogens is 1. The van der Waals surface area contributed by atoms with Crippen LogP contribution in [0.2, 0.25) is 0 Å². The number of methoxy groups -OCH3 is 2. The molecule has 1 aliphatic rings. The topological polar surface area (TPSA) is 85.5 Å². The molecule has 0 aliphatic carbocycles. The molecule has 4 rings (SSSR count). The third kappa shape index (κ3) is 3.40. The molecule has 7 heteroatoms. The Bertz CT molecular complexity index is 983. The number of nitrogens with one attached hydrogen (secondary N) is 2. The van der Waals surface area contributed by atoms with Crippen molar-refractivity contribution in [2.75, 3.05) is 20.8 Å². The maximum atomic E-state index is 12.6. The van der Waals surface area contributed by atoms with Gasteiger partial charge in [-0.1, -0.05) is 12.1 Å². The maximum Gasteiger partial charge on any atom is 0.227 e. The Morgan fingerprint density at radius 2 is 2.19 bits per heavy atom. The average Bonchev–Trinajstić information content (AvgIpc) is 3.13. The molecule has 3 aromatic rings. The molecule has 0 bridgehead atoms. The number of benzene rings is 2. The zero-order valence-electron chi connectivity index (χ0n) is 15.2. The first kappa shape index (κ1) is 17.2. The zero-order valence-corrected chi connectivity index (χ0v) is 15.2. The Morgan fingerprint density at radius 3 is 3.00 bits per heavy atom. The van der Waals surface area contributed by atoms with Crippen LogP contribution >= 0.6 is 0 Å². The molecule has 2 heterocycles. The van der Waals surface area contributed by atoms with Crippen LogP contribution in [0.3, 0.4) is 0 Å². The molecule has 1 aromatic heterocycles. The van der Waals surface area contributed by atoms with Gasteiger partial charge in [0.25, 0.3) is 0 Å². The summed E-state index contributed by atoms with van der Waals surface area (Å²) in [4.78, 5) is 20.3. The minimum absolute atomic E-state index is 0.0542. The van der Waals surface area contributed by atoms with Crippen LogP contribution in [-0.4, -0.2) is 36.7 Å². The van der Waals surface area contributed by atoms with Crippen molar-refractivity contribution >= 4 is 16.9 Å². The highest BCUT2D eigenvalue weighted by Gasteiger charge is 2.27. The standard InChI is InChI=1S/C20H21N3O4/c1-25-14-6-7-15-16(9-14)23-18(22-15)10-21-20(24)13-8-12-4-3-5-17(26-2)19(12)27-11-13/h3-7,9,13H,8,10-11H2,1-2H3,(H,21,24)(H,22,23)/t13-/m1/s1. The molecule has 2 aromatic carbocycles. The predicted molar refractivity (Wildman–Crippen MR) is 100 cm³/mol. The van der Waals surface area contributed by atoms with E-state index >= 15 is 0 Å². The molecule has 140 valence electrons. The predicted octanol–water partition coefficient (Wildman–Crippen LogP) is 2.45. The summed E-state index contributed by atoms with van der Waals surface area (Å²) in [6.45, 7) is 0.661. The quantitative estimate of drug-likeness (QED) is 0.723. The average molecular weight is 367 g/mol. The molecule has 0 fully saturated rings. The second kappa shape index (κ2) is 7.19. The minimum Gasteiger partial charge on any atom is -0.497 e. The number of fused-ring (bicyclic) bond motifs is 2. The molecule has 2 N–H and O–H groups in total. The van der Waals surface area contributed by atoms with Gasteiger partial charge in [0.15, 0.2) is 11.5 Å².